The number of ether oxygens (including phenoxy) is 1. The van der Waals surface area contributed by atoms with Gasteiger partial charge in [-0.25, -0.2) is 4.98 Å². The van der Waals surface area contributed by atoms with Gasteiger partial charge in [0.05, 0.1) is 5.69 Å². The molecular weight excluding hydrogens is 362 g/mol. The van der Waals surface area contributed by atoms with E-state index in [1.807, 2.05) is 47.8 Å². The van der Waals surface area contributed by atoms with Crippen LogP contribution in [0.1, 0.15) is 13.8 Å². The van der Waals surface area contributed by atoms with Crippen LogP contribution in [0.5, 0.6) is 5.75 Å². The van der Waals surface area contributed by atoms with Crippen LogP contribution in [-0.4, -0.2) is 22.9 Å². The fourth-order valence-corrected chi connectivity index (χ4v) is 3.08. The van der Waals surface area contributed by atoms with Crippen LogP contribution >= 0.6 is 11.3 Å². The summed E-state index contributed by atoms with van der Waals surface area (Å²) >= 11 is 1.34. The predicted molar refractivity (Wildman–Crippen MR) is 107 cm³/mol. The molecule has 0 fully saturated rings. The zero-order valence-corrected chi connectivity index (χ0v) is 15.7. The largest absolute Gasteiger partial charge is 0.481 e. The smallest absolute Gasteiger partial charge is 0.266 e. The Kier molecular flexibility index (Phi) is 5.83. The van der Waals surface area contributed by atoms with Crippen molar-refractivity contribution in [1.29, 1.82) is 0 Å². The van der Waals surface area contributed by atoms with E-state index in [0.717, 1.165) is 16.9 Å². The summed E-state index contributed by atoms with van der Waals surface area (Å²) in [6.45, 7) is 3.16. The Bertz CT molecular complexity index is 923. The summed E-state index contributed by atoms with van der Waals surface area (Å²) in [6, 6.07) is 16.5. The Morgan fingerprint density at radius 3 is 2.41 bits per heavy atom. The van der Waals surface area contributed by atoms with Gasteiger partial charge >= 0.3 is 0 Å². The number of rotatable bonds is 6. The Balaban J connectivity index is 1.61. The highest BCUT2D eigenvalue weighted by molar-refractivity contribution is 7.14. The minimum Gasteiger partial charge on any atom is -0.481 e. The molecule has 0 saturated heterocycles. The number of aromatic nitrogens is 1. The molecule has 0 aliphatic heterocycles. The summed E-state index contributed by atoms with van der Waals surface area (Å²) in [5.74, 6) is 0.258. The lowest BCUT2D eigenvalue weighted by Crippen LogP contribution is -2.30. The molecule has 0 aliphatic carbocycles. The number of nitrogens with one attached hydrogen (secondary N) is 2. The summed E-state index contributed by atoms with van der Waals surface area (Å²) in [6.07, 6.45) is -0.642. The molecule has 2 N–H and O–H groups in total. The first-order chi connectivity index (χ1) is 13.0. The highest BCUT2D eigenvalue weighted by atomic mass is 32.1. The minimum absolute atomic E-state index is 0.117. The molecule has 0 saturated carbocycles. The molecule has 1 heterocycles. The number of carbonyl (C=O) groups excluding carboxylic acids is 2. The van der Waals surface area contributed by atoms with Crippen molar-refractivity contribution >= 4 is 34.0 Å². The van der Waals surface area contributed by atoms with Crippen LogP contribution in [0.4, 0.5) is 10.8 Å². The van der Waals surface area contributed by atoms with Gasteiger partial charge in [0.25, 0.3) is 5.91 Å². The van der Waals surface area contributed by atoms with E-state index in [1.165, 1.54) is 18.3 Å². The van der Waals surface area contributed by atoms with Crippen LogP contribution in [0.3, 0.4) is 0 Å². The number of carbonyl (C=O) groups is 2. The molecule has 2 amide bonds. The van der Waals surface area contributed by atoms with Gasteiger partial charge in [-0.3, -0.25) is 14.9 Å². The van der Waals surface area contributed by atoms with E-state index >= 15 is 0 Å². The second-order valence-electron chi connectivity index (χ2n) is 5.86. The second-order valence-corrected chi connectivity index (χ2v) is 6.72. The van der Waals surface area contributed by atoms with Crippen molar-refractivity contribution in [2.75, 3.05) is 10.6 Å². The maximum atomic E-state index is 12.3. The van der Waals surface area contributed by atoms with Crippen LogP contribution in [0.25, 0.3) is 11.3 Å². The SMILES string of the molecule is CC(=O)Nc1ccc(-c2csc(NC(=O)[C@H](C)Oc3ccccc3)n2)cc1. The molecular formula is C20H19N3O3S. The van der Waals surface area contributed by atoms with E-state index in [-0.39, 0.29) is 11.8 Å². The highest BCUT2D eigenvalue weighted by Gasteiger charge is 2.16. The Morgan fingerprint density at radius 2 is 1.74 bits per heavy atom. The molecule has 3 aromatic rings. The van der Waals surface area contributed by atoms with Gasteiger partial charge in [-0.05, 0) is 31.2 Å². The molecule has 0 radical (unpaired) electrons. The number of hydrogen-bond acceptors (Lipinski definition) is 5. The van der Waals surface area contributed by atoms with Gasteiger partial charge in [0.2, 0.25) is 5.91 Å². The van der Waals surface area contributed by atoms with Crippen LogP contribution in [-0.2, 0) is 9.59 Å². The van der Waals surface area contributed by atoms with Crippen molar-refractivity contribution in [1.82, 2.24) is 4.98 Å². The highest BCUT2D eigenvalue weighted by Crippen LogP contribution is 2.26. The second kappa shape index (κ2) is 8.46. The third-order valence-electron chi connectivity index (χ3n) is 3.66. The van der Waals surface area contributed by atoms with Crippen molar-refractivity contribution < 1.29 is 14.3 Å². The number of hydrogen-bond donors (Lipinski definition) is 2. The van der Waals surface area contributed by atoms with Crippen LogP contribution in [0, 0.1) is 0 Å². The van der Waals surface area contributed by atoms with Crippen molar-refractivity contribution in [3.05, 3.63) is 60.0 Å². The summed E-state index contributed by atoms with van der Waals surface area (Å²) in [4.78, 5) is 27.8. The number of benzene rings is 2. The van der Waals surface area contributed by atoms with Gasteiger partial charge in [0.15, 0.2) is 11.2 Å². The number of nitrogens with zero attached hydrogens (tertiary/aromatic N) is 1. The topological polar surface area (TPSA) is 80.3 Å². The molecule has 0 unspecified atom stereocenters. The van der Waals surface area contributed by atoms with Gasteiger partial charge < -0.3 is 10.1 Å². The Hall–Kier alpha value is -3.19. The molecule has 6 nitrogen and oxygen atoms in total. The lowest BCUT2D eigenvalue weighted by atomic mass is 10.1. The third-order valence-corrected chi connectivity index (χ3v) is 4.42. The van der Waals surface area contributed by atoms with Gasteiger partial charge in [0.1, 0.15) is 5.75 Å². The normalized spacial score (nSPS) is 11.5. The molecule has 1 atom stereocenters. The van der Waals surface area contributed by atoms with Gasteiger partial charge in [-0.2, -0.15) is 0 Å². The molecule has 27 heavy (non-hydrogen) atoms. The zero-order chi connectivity index (χ0) is 19.2. The first-order valence-corrected chi connectivity index (χ1v) is 9.25. The monoisotopic (exact) mass is 381 g/mol. The van der Waals surface area contributed by atoms with E-state index in [0.29, 0.717) is 10.9 Å². The first-order valence-electron chi connectivity index (χ1n) is 8.37. The molecule has 2 aromatic carbocycles. The Labute approximate surface area is 161 Å². The Morgan fingerprint density at radius 1 is 1.04 bits per heavy atom. The van der Waals surface area contributed by atoms with Crippen LogP contribution in [0.15, 0.2) is 60.0 Å². The summed E-state index contributed by atoms with van der Waals surface area (Å²) in [5, 5.41) is 7.87. The molecule has 1 aromatic heterocycles. The zero-order valence-electron chi connectivity index (χ0n) is 14.9. The molecule has 0 aliphatic rings. The maximum Gasteiger partial charge on any atom is 0.266 e. The summed E-state index contributed by atoms with van der Waals surface area (Å²) in [5.41, 5.74) is 2.37. The van der Waals surface area contributed by atoms with Crippen molar-refractivity contribution in [2.24, 2.45) is 0 Å². The average molecular weight is 381 g/mol. The van der Waals surface area contributed by atoms with E-state index in [1.54, 1.807) is 19.1 Å². The van der Waals surface area contributed by atoms with E-state index in [2.05, 4.69) is 15.6 Å². The lowest BCUT2D eigenvalue weighted by molar-refractivity contribution is -0.122. The number of thiazole rings is 1. The van der Waals surface area contributed by atoms with Gasteiger partial charge in [-0.1, -0.05) is 30.3 Å². The fraction of sp³-hybridized carbons (Fsp3) is 0.150. The number of anilines is 2. The van der Waals surface area contributed by atoms with Crippen molar-refractivity contribution in [2.45, 2.75) is 20.0 Å². The number of para-hydroxylation sites is 1. The molecule has 138 valence electrons. The van der Waals surface area contributed by atoms with Gasteiger partial charge in [0, 0.05) is 23.6 Å². The van der Waals surface area contributed by atoms with Crippen molar-refractivity contribution in [3.63, 3.8) is 0 Å². The van der Waals surface area contributed by atoms with Crippen LogP contribution < -0.4 is 15.4 Å². The maximum absolute atomic E-state index is 12.3. The standard InChI is InChI=1S/C20H19N3O3S/c1-13(26-17-6-4-3-5-7-17)19(25)23-20-22-18(12-27-20)15-8-10-16(11-9-15)21-14(2)24/h3-13H,1-2H3,(H,21,24)(H,22,23,25)/t13-/m0/s1. The fourth-order valence-electron chi connectivity index (χ4n) is 2.36. The first kappa shape index (κ1) is 18.6. The summed E-state index contributed by atoms with van der Waals surface area (Å²) < 4.78 is 5.61. The molecule has 0 spiro atoms. The van der Waals surface area contributed by atoms with Crippen LogP contribution in [0.2, 0.25) is 0 Å². The number of amides is 2. The summed E-state index contributed by atoms with van der Waals surface area (Å²) in [7, 11) is 0. The molecule has 0 bridgehead atoms. The molecule has 7 heteroatoms. The third kappa shape index (κ3) is 5.15. The minimum atomic E-state index is -0.642. The van der Waals surface area contributed by atoms with Gasteiger partial charge in [-0.15, -0.1) is 11.3 Å². The van der Waals surface area contributed by atoms with E-state index < -0.39 is 6.10 Å². The molecule has 3 rings (SSSR count). The lowest BCUT2D eigenvalue weighted by Gasteiger charge is -2.13. The predicted octanol–water partition coefficient (Wildman–Crippen LogP) is 4.17. The quantitative estimate of drug-likeness (QED) is 0.671. The van der Waals surface area contributed by atoms with E-state index in [9.17, 15) is 9.59 Å². The van der Waals surface area contributed by atoms with E-state index in [4.69, 9.17) is 4.74 Å². The average Bonchev–Trinajstić information content (AvgIpc) is 3.11. The van der Waals surface area contributed by atoms with Crippen molar-refractivity contribution in [3.8, 4) is 17.0 Å².